The van der Waals surface area contributed by atoms with E-state index in [0.717, 1.165) is 10.9 Å². The van der Waals surface area contributed by atoms with Gasteiger partial charge in [-0.05, 0) is 40.5 Å². The molecule has 1 unspecified atom stereocenters. The number of carbonyl (C=O) groups excluding carboxylic acids is 1. The maximum absolute atomic E-state index is 11.8. The van der Waals surface area contributed by atoms with Crippen LogP contribution in [0.1, 0.15) is 23.7 Å². The Balaban J connectivity index is 2.69. The zero-order valence-electron chi connectivity index (χ0n) is 8.77. The summed E-state index contributed by atoms with van der Waals surface area (Å²) in [6, 6.07) is 5.15. The van der Waals surface area contributed by atoms with E-state index >= 15 is 0 Å². The minimum absolute atomic E-state index is 0.118. The van der Waals surface area contributed by atoms with Gasteiger partial charge in [-0.25, -0.2) is 0 Å². The van der Waals surface area contributed by atoms with Gasteiger partial charge < -0.3 is 5.32 Å². The van der Waals surface area contributed by atoms with Crippen LogP contribution in [-0.2, 0) is 0 Å². The van der Waals surface area contributed by atoms with Crippen molar-refractivity contribution in [3.05, 3.63) is 33.3 Å². The lowest BCUT2D eigenvalue weighted by Gasteiger charge is -2.10. The number of carbonyl (C=O) groups is 1. The first-order chi connectivity index (χ1) is 7.54. The molecule has 16 heavy (non-hydrogen) atoms. The highest BCUT2D eigenvalue weighted by molar-refractivity contribution is 9.10. The Morgan fingerprint density at radius 2 is 2.25 bits per heavy atom. The van der Waals surface area contributed by atoms with E-state index in [-0.39, 0.29) is 5.91 Å². The monoisotopic (exact) mass is 367 g/mol. The fourth-order valence-electron chi connectivity index (χ4n) is 1.11. The molecule has 1 aromatic carbocycles. The summed E-state index contributed by atoms with van der Waals surface area (Å²) < 4.78 is 0.747. The highest BCUT2D eigenvalue weighted by Crippen LogP contribution is 2.21. The Kier molecular flexibility index (Phi) is 5.79. The SMILES string of the molecule is CCC(Br)CNC(=O)c1cc(Cl)ccc1Br. The number of amides is 1. The Morgan fingerprint density at radius 3 is 2.88 bits per heavy atom. The Hall–Kier alpha value is -0.0600. The molecule has 0 saturated carbocycles. The molecule has 0 heterocycles. The lowest BCUT2D eigenvalue weighted by molar-refractivity contribution is 0.0953. The second kappa shape index (κ2) is 6.62. The van der Waals surface area contributed by atoms with Crippen molar-refractivity contribution < 1.29 is 4.79 Å². The summed E-state index contributed by atoms with van der Waals surface area (Å²) in [4.78, 5) is 12.1. The van der Waals surface area contributed by atoms with Crippen LogP contribution in [0.5, 0.6) is 0 Å². The molecular weight excluding hydrogens is 357 g/mol. The highest BCUT2D eigenvalue weighted by atomic mass is 79.9. The predicted molar refractivity (Wildman–Crippen MR) is 74.5 cm³/mol. The lowest BCUT2D eigenvalue weighted by atomic mass is 10.2. The third-order valence-electron chi connectivity index (χ3n) is 2.10. The first-order valence-electron chi connectivity index (χ1n) is 4.92. The number of hydrogen-bond acceptors (Lipinski definition) is 1. The topological polar surface area (TPSA) is 29.1 Å². The van der Waals surface area contributed by atoms with Gasteiger partial charge in [-0.3, -0.25) is 4.79 Å². The molecule has 1 aromatic rings. The number of rotatable bonds is 4. The molecule has 0 bridgehead atoms. The zero-order chi connectivity index (χ0) is 12.1. The Morgan fingerprint density at radius 1 is 1.56 bits per heavy atom. The van der Waals surface area contributed by atoms with E-state index in [2.05, 4.69) is 44.1 Å². The highest BCUT2D eigenvalue weighted by Gasteiger charge is 2.11. The first-order valence-corrected chi connectivity index (χ1v) is 7.00. The molecule has 1 rings (SSSR count). The van der Waals surface area contributed by atoms with Gasteiger partial charge in [0, 0.05) is 20.9 Å². The fourth-order valence-corrected chi connectivity index (χ4v) is 1.88. The average Bonchev–Trinajstić information content (AvgIpc) is 2.28. The van der Waals surface area contributed by atoms with E-state index in [1.54, 1.807) is 18.2 Å². The van der Waals surface area contributed by atoms with E-state index in [1.165, 1.54) is 0 Å². The maximum atomic E-state index is 11.8. The van der Waals surface area contributed by atoms with Crippen molar-refractivity contribution in [1.29, 1.82) is 0 Å². The van der Waals surface area contributed by atoms with Gasteiger partial charge in [0.15, 0.2) is 0 Å². The summed E-state index contributed by atoms with van der Waals surface area (Å²) in [5, 5.41) is 3.40. The van der Waals surface area contributed by atoms with Gasteiger partial charge in [-0.1, -0.05) is 34.5 Å². The lowest BCUT2D eigenvalue weighted by Crippen LogP contribution is -2.29. The van der Waals surface area contributed by atoms with Crippen molar-refractivity contribution in [2.75, 3.05) is 6.54 Å². The standard InChI is InChI=1S/C11H12Br2ClNO/c1-2-7(12)6-15-11(16)9-5-8(14)3-4-10(9)13/h3-5,7H,2,6H2,1H3,(H,15,16). The number of nitrogens with one attached hydrogen (secondary N) is 1. The molecule has 0 spiro atoms. The summed E-state index contributed by atoms with van der Waals surface area (Å²) in [6.45, 7) is 2.66. The van der Waals surface area contributed by atoms with Gasteiger partial charge in [0.2, 0.25) is 0 Å². The number of benzene rings is 1. The maximum Gasteiger partial charge on any atom is 0.252 e. The summed E-state index contributed by atoms with van der Waals surface area (Å²) in [5.41, 5.74) is 0.559. The van der Waals surface area contributed by atoms with E-state index in [1.807, 2.05) is 0 Å². The molecule has 1 amide bonds. The van der Waals surface area contributed by atoms with Crippen LogP contribution in [0.4, 0.5) is 0 Å². The second-order valence-corrected chi connectivity index (χ2v) is 5.93. The van der Waals surface area contributed by atoms with Crippen molar-refractivity contribution in [3.63, 3.8) is 0 Å². The Labute approximate surface area is 117 Å². The van der Waals surface area contributed by atoms with Gasteiger partial charge >= 0.3 is 0 Å². The predicted octanol–water partition coefficient (Wildman–Crippen LogP) is 4.01. The third kappa shape index (κ3) is 4.07. The molecule has 0 radical (unpaired) electrons. The summed E-state index contributed by atoms with van der Waals surface area (Å²) in [7, 11) is 0. The molecule has 0 aliphatic carbocycles. The van der Waals surface area contributed by atoms with Crippen LogP contribution >= 0.6 is 43.5 Å². The summed E-state index contributed by atoms with van der Waals surface area (Å²) >= 11 is 12.6. The molecule has 88 valence electrons. The number of alkyl halides is 1. The van der Waals surface area contributed by atoms with Gasteiger partial charge in [0.25, 0.3) is 5.91 Å². The van der Waals surface area contributed by atoms with Gasteiger partial charge in [0.1, 0.15) is 0 Å². The number of halogens is 3. The molecule has 2 nitrogen and oxygen atoms in total. The summed E-state index contributed by atoms with van der Waals surface area (Å²) in [6.07, 6.45) is 0.969. The van der Waals surface area contributed by atoms with E-state index < -0.39 is 0 Å². The molecule has 0 aliphatic rings. The molecule has 0 saturated heterocycles. The molecule has 0 aliphatic heterocycles. The smallest absolute Gasteiger partial charge is 0.252 e. The molecule has 0 fully saturated rings. The van der Waals surface area contributed by atoms with Gasteiger partial charge in [-0.15, -0.1) is 0 Å². The third-order valence-corrected chi connectivity index (χ3v) is 4.00. The van der Waals surface area contributed by atoms with Gasteiger partial charge in [-0.2, -0.15) is 0 Å². The van der Waals surface area contributed by atoms with Crippen LogP contribution < -0.4 is 5.32 Å². The quantitative estimate of drug-likeness (QED) is 0.799. The van der Waals surface area contributed by atoms with Crippen molar-refractivity contribution >= 4 is 49.4 Å². The van der Waals surface area contributed by atoms with Crippen LogP contribution in [0, 0.1) is 0 Å². The average molecular weight is 369 g/mol. The first kappa shape index (κ1) is 14.0. The number of hydrogen-bond donors (Lipinski definition) is 1. The van der Waals surface area contributed by atoms with Crippen LogP contribution in [0.2, 0.25) is 5.02 Å². The van der Waals surface area contributed by atoms with Crippen molar-refractivity contribution in [1.82, 2.24) is 5.32 Å². The van der Waals surface area contributed by atoms with Crippen molar-refractivity contribution in [2.45, 2.75) is 18.2 Å². The largest absolute Gasteiger partial charge is 0.351 e. The van der Waals surface area contributed by atoms with Crippen LogP contribution in [0.3, 0.4) is 0 Å². The normalized spacial score (nSPS) is 12.2. The van der Waals surface area contributed by atoms with Gasteiger partial charge in [0.05, 0.1) is 5.56 Å². The van der Waals surface area contributed by atoms with E-state index in [9.17, 15) is 4.79 Å². The second-order valence-electron chi connectivity index (χ2n) is 3.34. The van der Waals surface area contributed by atoms with E-state index in [4.69, 9.17) is 11.6 Å². The molecule has 1 N–H and O–H groups in total. The molecule has 5 heteroatoms. The van der Waals surface area contributed by atoms with Crippen molar-refractivity contribution in [3.8, 4) is 0 Å². The van der Waals surface area contributed by atoms with E-state index in [0.29, 0.717) is 22.0 Å². The Bertz CT molecular complexity index is 384. The van der Waals surface area contributed by atoms with Crippen LogP contribution in [0.15, 0.2) is 22.7 Å². The molecule has 0 aromatic heterocycles. The van der Waals surface area contributed by atoms with Crippen LogP contribution in [0.25, 0.3) is 0 Å². The molecule has 1 atom stereocenters. The fraction of sp³-hybridized carbons (Fsp3) is 0.364. The molecular formula is C11H12Br2ClNO. The minimum atomic E-state index is -0.118. The summed E-state index contributed by atoms with van der Waals surface area (Å²) in [5.74, 6) is -0.118. The van der Waals surface area contributed by atoms with Crippen LogP contribution in [-0.4, -0.2) is 17.3 Å². The minimum Gasteiger partial charge on any atom is -0.351 e. The van der Waals surface area contributed by atoms with Crippen molar-refractivity contribution in [2.24, 2.45) is 0 Å². The zero-order valence-corrected chi connectivity index (χ0v) is 12.7.